The molecule has 1 aromatic carbocycles. The zero-order chi connectivity index (χ0) is 15.2. The molecule has 1 heterocycles. The number of hydrogen-bond acceptors (Lipinski definition) is 3. The van der Waals surface area contributed by atoms with E-state index in [1.54, 1.807) is 0 Å². The summed E-state index contributed by atoms with van der Waals surface area (Å²) in [5.41, 5.74) is 8.54. The van der Waals surface area contributed by atoms with E-state index in [2.05, 4.69) is 43.9 Å². The first kappa shape index (κ1) is 16.2. The Bertz CT molecular complexity index is 439. The first-order chi connectivity index (χ1) is 10.1. The highest BCUT2D eigenvalue weighted by atomic mass is 16.5. The molecule has 0 aliphatic carbocycles. The summed E-state index contributed by atoms with van der Waals surface area (Å²) in [4.78, 5) is 2.43. The summed E-state index contributed by atoms with van der Waals surface area (Å²) in [7, 11) is 0. The Kier molecular flexibility index (Phi) is 5.92. The Balaban J connectivity index is 2.06. The van der Waals surface area contributed by atoms with Crippen LogP contribution in [0.25, 0.3) is 0 Å². The molecule has 2 rings (SSSR count). The molecule has 0 aromatic heterocycles. The van der Waals surface area contributed by atoms with E-state index < -0.39 is 0 Å². The van der Waals surface area contributed by atoms with Crippen molar-refractivity contribution in [3.05, 3.63) is 23.8 Å². The molecule has 0 bridgehead atoms. The van der Waals surface area contributed by atoms with E-state index in [0.29, 0.717) is 12.0 Å². The van der Waals surface area contributed by atoms with Crippen LogP contribution >= 0.6 is 0 Å². The predicted molar refractivity (Wildman–Crippen MR) is 90.2 cm³/mol. The topological polar surface area (TPSA) is 38.5 Å². The van der Waals surface area contributed by atoms with Crippen molar-refractivity contribution in [2.45, 2.75) is 52.5 Å². The summed E-state index contributed by atoms with van der Waals surface area (Å²) < 4.78 is 6.11. The van der Waals surface area contributed by atoms with Crippen LogP contribution in [0.1, 0.15) is 45.1 Å². The van der Waals surface area contributed by atoms with Gasteiger partial charge >= 0.3 is 0 Å². The van der Waals surface area contributed by atoms with Crippen molar-refractivity contribution in [2.24, 2.45) is 11.7 Å². The Labute approximate surface area is 129 Å². The van der Waals surface area contributed by atoms with E-state index >= 15 is 0 Å². The summed E-state index contributed by atoms with van der Waals surface area (Å²) in [6.45, 7) is 9.50. The van der Waals surface area contributed by atoms with Gasteiger partial charge in [0.15, 0.2) is 0 Å². The lowest BCUT2D eigenvalue weighted by molar-refractivity contribution is 0.251. The van der Waals surface area contributed by atoms with E-state index in [9.17, 15) is 0 Å². The molecule has 21 heavy (non-hydrogen) atoms. The van der Waals surface area contributed by atoms with Crippen LogP contribution in [-0.4, -0.2) is 25.7 Å². The molecule has 0 radical (unpaired) electrons. The van der Waals surface area contributed by atoms with Crippen LogP contribution in [0.2, 0.25) is 0 Å². The van der Waals surface area contributed by atoms with E-state index in [-0.39, 0.29) is 0 Å². The number of nitrogens with zero attached hydrogens (tertiary/aromatic N) is 1. The maximum Gasteiger partial charge on any atom is 0.142 e. The minimum atomic E-state index is 0.361. The molecule has 1 aliphatic rings. The van der Waals surface area contributed by atoms with Crippen LogP contribution in [0.15, 0.2) is 18.2 Å². The fourth-order valence-electron chi connectivity index (χ4n) is 2.95. The number of aryl methyl sites for hydroxylation is 1. The van der Waals surface area contributed by atoms with Gasteiger partial charge in [0.2, 0.25) is 0 Å². The lowest BCUT2D eigenvalue weighted by Gasteiger charge is -2.33. The molecule has 2 N–H and O–H groups in total. The monoisotopic (exact) mass is 290 g/mol. The zero-order valence-corrected chi connectivity index (χ0v) is 13.8. The van der Waals surface area contributed by atoms with Crippen molar-refractivity contribution in [2.75, 3.05) is 24.6 Å². The van der Waals surface area contributed by atoms with Gasteiger partial charge in [-0.05, 0) is 49.8 Å². The lowest BCUT2D eigenvalue weighted by atomic mass is 10.0. The van der Waals surface area contributed by atoms with Gasteiger partial charge in [0, 0.05) is 19.1 Å². The second-order valence-corrected chi connectivity index (χ2v) is 6.50. The molecule has 1 aliphatic heterocycles. The molecule has 0 amide bonds. The third kappa shape index (κ3) is 4.63. The minimum Gasteiger partial charge on any atom is -0.491 e. The van der Waals surface area contributed by atoms with E-state index in [1.165, 1.54) is 24.1 Å². The number of piperidine rings is 1. The van der Waals surface area contributed by atoms with E-state index in [0.717, 1.165) is 38.3 Å². The molecule has 1 unspecified atom stereocenters. The average Bonchev–Trinajstić information content (AvgIpc) is 2.47. The highest BCUT2D eigenvalue weighted by Gasteiger charge is 2.19. The Morgan fingerprint density at radius 2 is 2.05 bits per heavy atom. The molecule has 0 spiro atoms. The van der Waals surface area contributed by atoms with Crippen molar-refractivity contribution in [1.82, 2.24) is 0 Å². The standard InChI is InChI=1S/C18H30N2O/c1-4-5-15(3)13-21-18-7-6-14(2)12-17(18)20-10-8-16(19)9-11-20/h6-7,12,15-16H,4-5,8-11,13,19H2,1-3H3. The second-order valence-electron chi connectivity index (χ2n) is 6.50. The van der Waals surface area contributed by atoms with Gasteiger partial charge in [0.1, 0.15) is 5.75 Å². The lowest BCUT2D eigenvalue weighted by Crippen LogP contribution is -2.39. The molecular formula is C18H30N2O. The number of benzene rings is 1. The number of anilines is 1. The van der Waals surface area contributed by atoms with Gasteiger partial charge in [-0.2, -0.15) is 0 Å². The third-order valence-electron chi connectivity index (χ3n) is 4.30. The van der Waals surface area contributed by atoms with Gasteiger partial charge in [0.25, 0.3) is 0 Å². The molecule has 0 saturated carbocycles. The molecule has 1 aromatic rings. The van der Waals surface area contributed by atoms with Crippen LogP contribution in [0, 0.1) is 12.8 Å². The molecule has 1 fully saturated rings. The van der Waals surface area contributed by atoms with Gasteiger partial charge < -0.3 is 15.4 Å². The predicted octanol–water partition coefficient (Wildman–Crippen LogP) is 3.74. The molecular weight excluding hydrogens is 260 g/mol. The Hall–Kier alpha value is -1.22. The van der Waals surface area contributed by atoms with Gasteiger partial charge in [-0.1, -0.05) is 26.3 Å². The van der Waals surface area contributed by atoms with Crippen molar-refractivity contribution in [3.63, 3.8) is 0 Å². The summed E-state index contributed by atoms with van der Waals surface area (Å²) >= 11 is 0. The van der Waals surface area contributed by atoms with Crippen LogP contribution < -0.4 is 15.4 Å². The van der Waals surface area contributed by atoms with Crippen LogP contribution in [0.5, 0.6) is 5.75 Å². The fraction of sp³-hybridized carbons (Fsp3) is 0.667. The van der Waals surface area contributed by atoms with E-state index in [4.69, 9.17) is 10.5 Å². The highest BCUT2D eigenvalue weighted by Crippen LogP contribution is 2.32. The summed E-state index contributed by atoms with van der Waals surface area (Å²) in [6.07, 6.45) is 4.58. The van der Waals surface area contributed by atoms with Crippen molar-refractivity contribution >= 4 is 5.69 Å². The van der Waals surface area contributed by atoms with Crippen LogP contribution in [-0.2, 0) is 0 Å². The molecule has 118 valence electrons. The molecule has 1 saturated heterocycles. The van der Waals surface area contributed by atoms with E-state index in [1.807, 2.05) is 0 Å². The first-order valence-corrected chi connectivity index (χ1v) is 8.34. The molecule has 1 atom stereocenters. The third-order valence-corrected chi connectivity index (χ3v) is 4.30. The summed E-state index contributed by atoms with van der Waals surface area (Å²) in [5, 5.41) is 0. The number of rotatable bonds is 6. The number of nitrogens with two attached hydrogens (primary N) is 1. The maximum atomic E-state index is 6.11. The van der Waals surface area contributed by atoms with Crippen LogP contribution in [0.4, 0.5) is 5.69 Å². The van der Waals surface area contributed by atoms with Gasteiger partial charge in [-0.25, -0.2) is 0 Å². The summed E-state index contributed by atoms with van der Waals surface area (Å²) in [6, 6.07) is 6.87. The summed E-state index contributed by atoms with van der Waals surface area (Å²) in [5.74, 6) is 1.64. The van der Waals surface area contributed by atoms with Gasteiger partial charge in [0.05, 0.1) is 12.3 Å². The highest BCUT2D eigenvalue weighted by molar-refractivity contribution is 5.60. The quantitative estimate of drug-likeness (QED) is 0.867. The normalized spacial score (nSPS) is 17.8. The smallest absolute Gasteiger partial charge is 0.142 e. The first-order valence-electron chi connectivity index (χ1n) is 8.34. The molecule has 3 heteroatoms. The average molecular weight is 290 g/mol. The van der Waals surface area contributed by atoms with Crippen molar-refractivity contribution < 1.29 is 4.74 Å². The number of ether oxygens (including phenoxy) is 1. The fourth-order valence-corrected chi connectivity index (χ4v) is 2.95. The van der Waals surface area contributed by atoms with Crippen molar-refractivity contribution in [1.29, 1.82) is 0 Å². The second kappa shape index (κ2) is 7.69. The molecule has 3 nitrogen and oxygen atoms in total. The Morgan fingerprint density at radius 3 is 2.71 bits per heavy atom. The van der Waals surface area contributed by atoms with Crippen LogP contribution in [0.3, 0.4) is 0 Å². The largest absolute Gasteiger partial charge is 0.491 e. The van der Waals surface area contributed by atoms with Crippen molar-refractivity contribution in [3.8, 4) is 5.75 Å². The van der Waals surface area contributed by atoms with Gasteiger partial charge in [-0.15, -0.1) is 0 Å². The van der Waals surface area contributed by atoms with Gasteiger partial charge in [-0.3, -0.25) is 0 Å². The Morgan fingerprint density at radius 1 is 1.33 bits per heavy atom. The maximum absolute atomic E-state index is 6.11. The number of hydrogen-bond donors (Lipinski definition) is 1. The zero-order valence-electron chi connectivity index (χ0n) is 13.8. The minimum absolute atomic E-state index is 0.361. The SMILES string of the molecule is CCCC(C)COc1ccc(C)cc1N1CCC(N)CC1.